The molecule has 68 heavy (non-hydrogen) atoms. The molecular weight excluding hydrogens is 899 g/mol. The summed E-state index contributed by atoms with van der Waals surface area (Å²) >= 11 is 0. The summed E-state index contributed by atoms with van der Waals surface area (Å²) in [7, 11) is 0. The minimum atomic E-state index is -1.08. The zero-order chi connectivity index (χ0) is 48.7. The third-order valence-corrected chi connectivity index (χ3v) is 9.67. The van der Waals surface area contributed by atoms with Gasteiger partial charge in [0, 0.05) is 25.5 Å². The molecule has 0 bridgehead atoms. The summed E-state index contributed by atoms with van der Waals surface area (Å²) in [5.41, 5.74) is 0.368. The second-order valence-corrected chi connectivity index (χ2v) is 14.8. The maximum atomic E-state index is 13.2. The molecule has 5 amide bonds. The van der Waals surface area contributed by atoms with Crippen molar-refractivity contribution in [1.82, 2.24) is 10.2 Å². The molecule has 0 aromatic heterocycles. The van der Waals surface area contributed by atoms with Crippen molar-refractivity contribution in [2.24, 2.45) is 0 Å². The minimum absolute atomic E-state index is 0.0237. The molecule has 1 aromatic rings. The predicted octanol–water partition coefficient (Wildman–Crippen LogP) is 1.52. The second-order valence-electron chi connectivity index (χ2n) is 14.8. The number of rotatable bonds is 45. The summed E-state index contributed by atoms with van der Waals surface area (Å²) < 4.78 is 70.5. The molecule has 2 heterocycles. The first-order valence-corrected chi connectivity index (χ1v) is 23.2. The normalized spacial score (nSPS) is 14.6. The second kappa shape index (κ2) is 38.5. The van der Waals surface area contributed by atoms with Crippen molar-refractivity contribution in [3.63, 3.8) is 0 Å². The number of nitrogens with zero attached hydrogens (tertiary/aromatic N) is 1. The van der Waals surface area contributed by atoms with Crippen LogP contribution in [0, 0.1) is 0 Å². The van der Waals surface area contributed by atoms with Crippen molar-refractivity contribution in [3.05, 3.63) is 42.0 Å². The largest absolute Gasteiger partial charge is 0.460 e. The summed E-state index contributed by atoms with van der Waals surface area (Å²) in [5.74, 6) is -3.21. The molecule has 0 aliphatic carbocycles. The van der Waals surface area contributed by atoms with E-state index in [1.54, 1.807) is 12.1 Å². The van der Waals surface area contributed by atoms with Crippen LogP contribution in [0.1, 0.15) is 59.2 Å². The molecule has 22 nitrogen and oxygen atoms in total. The number of imide groups is 2. The van der Waals surface area contributed by atoms with Gasteiger partial charge < -0.3 is 66.9 Å². The Morgan fingerprint density at radius 3 is 1.38 bits per heavy atom. The van der Waals surface area contributed by atoms with E-state index in [1.807, 2.05) is 0 Å². The topological polar surface area (TPSA) is 250 Å². The van der Waals surface area contributed by atoms with Gasteiger partial charge >= 0.3 is 5.97 Å². The van der Waals surface area contributed by atoms with E-state index in [0.717, 1.165) is 23.8 Å². The Morgan fingerprint density at radius 2 is 0.971 bits per heavy atom. The van der Waals surface area contributed by atoms with Crippen LogP contribution in [-0.2, 0) is 80.8 Å². The van der Waals surface area contributed by atoms with Crippen LogP contribution in [0.3, 0.4) is 0 Å². The molecule has 1 aromatic carbocycles. The fourth-order valence-corrected chi connectivity index (χ4v) is 6.28. The Kier molecular flexibility index (Phi) is 32.9. The van der Waals surface area contributed by atoms with Crippen molar-refractivity contribution in [1.29, 1.82) is 0 Å². The average molecular weight is 970 g/mol. The highest BCUT2D eigenvalue weighted by Crippen LogP contribution is 2.32. The van der Waals surface area contributed by atoms with Gasteiger partial charge in [0.05, 0.1) is 169 Å². The van der Waals surface area contributed by atoms with Gasteiger partial charge in [-0.3, -0.25) is 34.2 Å². The summed E-state index contributed by atoms with van der Waals surface area (Å²) in [4.78, 5) is 74.5. The number of piperidine rings is 1. The third-order valence-electron chi connectivity index (χ3n) is 9.67. The number of esters is 1. The number of hydrogen-bond donors (Lipinski definition) is 2. The van der Waals surface area contributed by atoms with Crippen LogP contribution in [0.15, 0.2) is 30.9 Å². The number of amides is 5. The van der Waals surface area contributed by atoms with Crippen LogP contribution >= 0.6 is 0 Å². The lowest BCUT2D eigenvalue weighted by Crippen LogP contribution is -2.54. The fraction of sp³-hybridized carbons (Fsp3) is 0.696. The van der Waals surface area contributed by atoms with Gasteiger partial charge in [0.15, 0.2) is 0 Å². The summed E-state index contributed by atoms with van der Waals surface area (Å²) in [5, 5.41) is 4.90. The molecule has 2 aliphatic rings. The van der Waals surface area contributed by atoms with Gasteiger partial charge in [-0.2, -0.15) is 0 Å². The van der Waals surface area contributed by atoms with Gasteiger partial charge in [0.2, 0.25) is 17.7 Å². The lowest BCUT2D eigenvalue weighted by Gasteiger charge is -2.27. The highest BCUT2D eigenvalue weighted by molar-refractivity contribution is 6.26. The van der Waals surface area contributed by atoms with E-state index in [4.69, 9.17) is 61.6 Å². The number of carbonyl (C=O) groups excluding carboxylic acids is 6. The number of ether oxygens (including phenoxy) is 13. The standard InChI is InChI=1S/C46H71N3O19/c1-2-42(52)68-36-35-67-34-33-66-32-31-65-30-29-64-28-27-63-26-25-62-24-23-61-22-21-60-20-19-59-18-17-58-16-15-57-14-13-56-12-5-3-4-9-40(50)47-38-8-6-7-37-43(38)46(55)49(45(37)54)39-10-11-41(51)48-44(39)53/h2,6-8,39H,1,3-5,9-36H2,(H,47,50)(H,48,51,53). The Hall–Kier alpha value is -4.30. The number of carbonyl (C=O) groups is 6. The monoisotopic (exact) mass is 969 g/mol. The molecule has 1 fully saturated rings. The number of hydrogen-bond acceptors (Lipinski definition) is 19. The smallest absolute Gasteiger partial charge is 0.330 e. The zero-order valence-corrected chi connectivity index (χ0v) is 39.2. The summed E-state index contributed by atoms with van der Waals surface area (Å²) in [6.45, 7) is 14.3. The molecule has 0 saturated carbocycles. The molecule has 384 valence electrons. The predicted molar refractivity (Wildman–Crippen MR) is 241 cm³/mol. The van der Waals surface area contributed by atoms with E-state index >= 15 is 0 Å². The van der Waals surface area contributed by atoms with Crippen molar-refractivity contribution < 1.29 is 90.3 Å². The van der Waals surface area contributed by atoms with Gasteiger partial charge in [0.25, 0.3) is 11.8 Å². The van der Waals surface area contributed by atoms with Crippen LogP contribution in [0.2, 0.25) is 0 Å². The van der Waals surface area contributed by atoms with Gasteiger partial charge in [0.1, 0.15) is 12.6 Å². The zero-order valence-electron chi connectivity index (χ0n) is 39.2. The van der Waals surface area contributed by atoms with Crippen molar-refractivity contribution in [2.45, 2.75) is 44.6 Å². The molecule has 1 saturated heterocycles. The molecule has 22 heteroatoms. The van der Waals surface area contributed by atoms with Gasteiger partial charge in [-0.1, -0.05) is 19.1 Å². The molecule has 3 rings (SSSR count). The molecule has 1 unspecified atom stereocenters. The van der Waals surface area contributed by atoms with Crippen LogP contribution in [0.25, 0.3) is 0 Å². The van der Waals surface area contributed by atoms with Crippen LogP contribution in [0.4, 0.5) is 5.69 Å². The highest BCUT2D eigenvalue weighted by Gasteiger charge is 2.45. The maximum absolute atomic E-state index is 13.2. The number of fused-ring (bicyclic) bond motifs is 1. The first-order chi connectivity index (χ1) is 33.3. The van der Waals surface area contributed by atoms with E-state index in [0.29, 0.717) is 165 Å². The quantitative estimate of drug-likeness (QED) is 0.0407. The van der Waals surface area contributed by atoms with Gasteiger partial charge in [-0.15, -0.1) is 0 Å². The van der Waals surface area contributed by atoms with Crippen LogP contribution < -0.4 is 10.6 Å². The van der Waals surface area contributed by atoms with E-state index in [2.05, 4.69) is 17.2 Å². The Labute approximate surface area is 398 Å². The molecule has 2 N–H and O–H groups in total. The van der Waals surface area contributed by atoms with Gasteiger partial charge in [-0.05, 0) is 31.4 Å². The minimum Gasteiger partial charge on any atom is -0.460 e. The molecule has 0 radical (unpaired) electrons. The number of benzene rings is 1. The van der Waals surface area contributed by atoms with E-state index in [-0.39, 0.29) is 48.6 Å². The SMILES string of the molecule is C=CC(=O)OCCOCCOCCOCCOCCOCCOCCOCCOCCOCCOCCOCCOCCCCCC(=O)Nc1cccc2c1C(=O)N(C1CCC(=O)NC1=O)C2=O. The molecule has 1 atom stereocenters. The Morgan fingerprint density at radius 1 is 0.559 bits per heavy atom. The summed E-state index contributed by atoms with van der Waals surface area (Å²) in [6.07, 6.45) is 3.52. The highest BCUT2D eigenvalue weighted by atomic mass is 16.6. The van der Waals surface area contributed by atoms with E-state index in [1.165, 1.54) is 6.07 Å². The molecular formula is C46H71N3O19. The Bertz CT molecular complexity index is 1620. The van der Waals surface area contributed by atoms with Crippen molar-refractivity contribution in [2.75, 3.05) is 170 Å². The fourth-order valence-electron chi connectivity index (χ4n) is 6.28. The summed E-state index contributed by atoms with van der Waals surface area (Å²) in [6, 6.07) is 3.51. The maximum Gasteiger partial charge on any atom is 0.330 e. The van der Waals surface area contributed by atoms with Crippen LogP contribution in [-0.4, -0.2) is 212 Å². The van der Waals surface area contributed by atoms with Gasteiger partial charge in [-0.25, -0.2) is 4.79 Å². The first-order valence-electron chi connectivity index (χ1n) is 23.2. The first kappa shape index (κ1) is 58.0. The number of unbranched alkanes of at least 4 members (excludes halogenated alkanes) is 2. The lowest BCUT2D eigenvalue weighted by molar-refractivity contribution is -0.139. The average Bonchev–Trinajstić information content (AvgIpc) is 3.59. The van der Waals surface area contributed by atoms with Crippen molar-refractivity contribution >= 4 is 41.2 Å². The van der Waals surface area contributed by atoms with Crippen LogP contribution in [0.5, 0.6) is 0 Å². The Balaban J connectivity index is 0.958. The number of nitrogens with one attached hydrogen (secondary N) is 2. The lowest BCUT2D eigenvalue weighted by atomic mass is 10.0. The number of anilines is 1. The van der Waals surface area contributed by atoms with Crippen molar-refractivity contribution in [3.8, 4) is 0 Å². The molecule has 2 aliphatic heterocycles. The van der Waals surface area contributed by atoms with E-state index < -0.39 is 35.6 Å². The van der Waals surface area contributed by atoms with E-state index in [9.17, 15) is 28.8 Å². The third kappa shape index (κ3) is 25.9. The molecule has 0 spiro atoms.